The molecule has 0 amide bonds. The number of benzene rings is 1. The molecule has 0 bridgehead atoms. The lowest BCUT2D eigenvalue weighted by Crippen LogP contribution is -2.48. The van der Waals surface area contributed by atoms with Crippen molar-refractivity contribution in [2.24, 2.45) is 0 Å². The van der Waals surface area contributed by atoms with Crippen molar-refractivity contribution in [2.75, 3.05) is 18.1 Å². The number of ketones is 1. The highest BCUT2D eigenvalue weighted by Crippen LogP contribution is 2.45. The summed E-state index contributed by atoms with van der Waals surface area (Å²) in [7, 11) is 0. The summed E-state index contributed by atoms with van der Waals surface area (Å²) in [5, 5.41) is 0.712. The zero-order chi connectivity index (χ0) is 22.1. The number of fused-ring (bicyclic) bond motifs is 2. The van der Waals surface area contributed by atoms with Crippen molar-refractivity contribution >= 4 is 28.4 Å². The third-order valence-corrected chi connectivity index (χ3v) is 5.97. The van der Waals surface area contributed by atoms with E-state index < -0.39 is 11.6 Å². The predicted octanol–water partition coefficient (Wildman–Crippen LogP) is 4.82. The average molecular weight is 414 g/mol. The molecule has 2 heterocycles. The van der Waals surface area contributed by atoms with Gasteiger partial charge >= 0.3 is 11.6 Å². The number of carbonyl (C=O) groups excluding carboxylic acids is 2. The number of Topliss-reactive ketones (excluding diaryl/α,β-unsaturated/α-hetero) is 1. The first kappa shape index (κ1) is 22.1. The fraction of sp³-hybridized carbons (Fsp3) is 0.542. The molecule has 1 aromatic carbocycles. The molecule has 0 radical (unpaired) electrons. The van der Waals surface area contributed by atoms with Gasteiger partial charge in [-0.15, -0.1) is 0 Å². The quantitative estimate of drug-likeness (QED) is 0.478. The lowest BCUT2D eigenvalue weighted by Gasteiger charge is -2.47. The number of anilines is 1. The van der Waals surface area contributed by atoms with Crippen LogP contribution in [0.15, 0.2) is 27.4 Å². The summed E-state index contributed by atoms with van der Waals surface area (Å²) in [6.07, 6.45) is 2.89. The molecular formula is C24H31NO5. The smallest absolute Gasteiger partial charge is 0.351 e. The van der Waals surface area contributed by atoms with Crippen molar-refractivity contribution in [3.05, 3.63) is 39.7 Å². The van der Waals surface area contributed by atoms with Gasteiger partial charge in [0.25, 0.3) is 0 Å². The van der Waals surface area contributed by atoms with Crippen LogP contribution in [0, 0.1) is 0 Å². The maximum atomic E-state index is 12.4. The lowest BCUT2D eigenvalue weighted by atomic mass is 9.79. The Morgan fingerprint density at radius 3 is 2.63 bits per heavy atom. The largest absolute Gasteiger partial charge is 0.462 e. The number of rotatable bonds is 7. The van der Waals surface area contributed by atoms with E-state index in [-0.39, 0.29) is 23.5 Å². The monoisotopic (exact) mass is 413 g/mol. The maximum Gasteiger partial charge on any atom is 0.351 e. The number of ether oxygens (including phenoxy) is 1. The van der Waals surface area contributed by atoms with Crippen LogP contribution >= 0.6 is 0 Å². The second kappa shape index (κ2) is 8.62. The molecule has 1 unspecified atom stereocenters. The van der Waals surface area contributed by atoms with Gasteiger partial charge in [-0.05, 0) is 57.2 Å². The van der Waals surface area contributed by atoms with Crippen molar-refractivity contribution in [3.8, 4) is 0 Å². The topological polar surface area (TPSA) is 76.8 Å². The molecule has 0 saturated carbocycles. The molecule has 162 valence electrons. The number of nitrogens with zero attached hydrogens (tertiary/aromatic N) is 1. The van der Waals surface area contributed by atoms with Crippen molar-refractivity contribution < 1.29 is 18.7 Å². The van der Waals surface area contributed by atoms with Crippen molar-refractivity contribution in [3.63, 3.8) is 0 Å². The van der Waals surface area contributed by atoms with Gasteiger partial charge < -0.3 is 14.1 Å². The molecule has 1 aromatic heterocycles. The van der Waals surface area contributed by atoms with Gasteiger partial charge in [0.1, 0.15) is 16.9 Å². The van der Waals surface area contributed by atoms with E-state index in [2.05, 4.69) is 25.7 Å². The Balaban J connectivity index is 2.04. The second-order valence-electron chi connectivity index (χ2n) is 8.68. The summed E-state index contributed by atoms with van der Waals surface area (Å²) in [4.78, 5) is 38.5. The van der Waals surface area contributed by atoms with Crippen LogP contribution in [0.1, 0.15) is 82.1 Å². The van der Waals surface area contributed by atoms with Gasteiger partial charge in [0, 0.05) is 42.1 Å². The van der Waals surface area contributed by atoms with E-state index in [0.717, 1.165) is 30.6 Å². The van der Waals surface area contributed by atoms with Gasteiger partial charge in [-0.3, -0.25) is 4.79 Å². The molecular weight excluding hydrogens is 382 g/mol. The van der Waals surface area contributed by atoms with Gasteiger partial charge in [-0.25, -0.2) is 9.59 Å². The molecule has 0 saturated heterocycles. The van der Waals surface area contributed by atoms with Crippen LogP contribution < -0.4 is 10.5 Å². The highest BCUT2D eigenvalue weighted by molar-refractivity contribution is 5.94. The van der Waals surface area contributed by atoms with Gasteiger partial charge in [0.2, 0.25) is 0 Å². The van der Waals surface area contributed by atoms with E-state index in [4.69, 9.17) is 9.15 Å². The van der Waals surface area contributed by atoms with Crippen LogP contribution in [0.4, 0.5) is 5.69 Å². The predicted molar refractivity (Wildman–Crippen MR) is 117 cm³/mol. The summed E-state index contributed by atoms with van der Waals surface area (Å²) in [5.74, 6) is -0.0809. The Morgan fingerprint density at radius 2 is 1.97 bits per heavy atom. The minimum atomic E-state index is -0.691. The fourth-order valence-corrected chi connectivity index (χ4v) is 4.48. The van der Waals surface area contributed by atoms with E-state index in [1.54, 1.807) is 13.0 Å². The van der Waals surface area contributed by atoms with E-state index >= 15 is 0 Å². The lowest BCUT2D eigenvalue weighted by molar-refractivity contribution is -0.118. The minimum Gasteiger partial charge on any atom is -0.462 e. The highest BCUT2D eigenvalue weighted by Gasteiger charge is 2.36. The summed E-state index contributed by atoms with van der Waals surface area (Å²) in [6.45, 7) is 11.1. The normalized spacial score (nSPS) is 17.6. The van der Waals surface area contributed by atoms with Gasteiger partial charge in [-0.2, -0.15) is 0 Å². The zero-order valence-corrected chi connectivity index (χ0v) is 18.5. The van der Waals surface area contributed by atoms with Crippen molar-refractivity contribution in [2.45, 2.75) is 71.8 Å². The van der Waals surface area contributed by atoms with Crippen molar-refractivity contribution in [1.29, 1.82) is 0 Å². The molecule has 1 aliphatic rings. The van der Waals surface area contributed by atoms with Crippen LogP contribution in [-0.2, 0) is 9.53 Å². The van der Waals surface area contributed by atoms with E-state index in [9.17, 15) is 14.4 Å². The Morgan fingerprint density at radius 1 is 1.23 bits per heavy atom. The highest BCUT2D eigenvalue weighted by atomic mass is 16.5. The van der Waals surface area contributed by atoms with Crippen LogP contribution in [0.5, 0.6) is 0 Å². The molecule has 0 fully saturated rings. The second-order valence-corrected chi connectivity index (χ2v) is 8.68. The number of carbonyl (C=O) groups is 2. The Bertz CT molecular complexity index is 1020. The molecule has 1 aliphatic heterocycles. The van der Waals surface area contributed by atoms with Crippen LogP contribution in [-0.4, -0.2) is 30.4 Å². The van der Waals surface area contributed by atoms with Crippen molar-refractivity contribution in [1.82, 2.24) is 0 Å². The molecule has 1 atom stereocenters. The molecule has 30 heavy (non-hydrogen) atoms. The third kappa shape index (κ3) is 4.27. The van der Waals surface area contributed by atoms with E-state index in [0.29, 0.717) is 29.7 Å². The van der Waals surface area contributed by atoms with Crippen LogP contribution in [0.25, 0.3) is 11.0 Å². The molecule has 6 heteroatoms. The maximum absolute atomic E-state index is 12.4. The summed E-state index contributed by atoms with van der Waals surface area (Å²) < 4.78 is 10.5. The van der Waals surface area contributed by atoms with Crippen LogP contribution in [0.2, 0.25) is 0 Å². The minimum absolute atomic E-state index is 0.0805. The van der Waals surface area contributed by atoms with Gasteiger partial charge in [0.15, 0.2) is 0 Å². The average Bonchev–Trinajstić information content (AvgIpc) is 2.68. The van der Waals surface area contributed by atoms with Gasteiger partial charge in [-0.1, -0.05) is 13.8 Å². The van der Waals surface area contributed by atoms with Gasteiger partial charge in [0.05, 0.1) is 6.61 Å². The van der Waals surface area contributed by atoms with E-state index in [1.165, 1.54) is 0 Å². The molecule has 2 aromatic rings. The first-order valence-corrected chi connectivity index (χ1v) is 10.8. The summed E-state index contributed by atoms with van der Waals surface area (Å²) in [6, 6.07) is 5.48. The molecule has 6 nitrogen and oxygen atoms in total. The first-order valence-electron chi connectivity index (χ1n) is 10.8. The molecule has 0 N–H and O–H groups in total. The number of esters is 1. The summed E-state index contributed by atoms with van der Waals surface area (Å²) >= 11 is 0. The summed E-state index contributed by atoms with van der Waals surface area (Å²) in [5.41, 5.74) is 1.79. The number of hydrogen-bond donors (Lipinski definition) is 0. The van der Waals surface area contributed by atoms with E-state index in [1.807, 2.05) is 19.1 Å². The third-order valence-electron chi connectivity index (χ3n) is 5.97. The SMILES string of the molecule is CCOC(=O)c1cc2cc3c(cc2oc1=O)N(CCCC(=O)CC)C(C)(C)CC3C. The molecule has 3 rings (SSSR count). The molecule has 0 aliphatic carbocycles. The molecule has 0 spiro atoms. The number of hydrogen-bond acceptors (Lipinski definition) is 6. The Labute approximate surface area is 177 Å². The first-order chi connectivity index (χ1) is 14.2. The fourth-order valence-electron chi connectivity index (χ4n) is 4.48. The Kier molecular flexibility index (Phi) is 6.34. The standard InChI is InChI=1S/C24H31NO5/c1-6-17(26)9-8-10-25-20-13-21-16(11-18(20)15(3)14-24(25,4)5)12-19(23(28)30-21)22(27)29-7-2/h11-13,15H,6-10,14H2,1-5H3. The van der Waals surface area contributed by atoms with Crippen LogP contribution in [0.3, 0.4) is 0 Å². The Hall–Kier alpha value is -2.63. The zero-order valence-electron chi connectivity index (χ0n) is 18.5.